The fourth-order valence-corrected chi connectivity index (χ4v) is 3.71. The molecular weight excluding hydrogens is 192 g/mol. The van der Waals surface area contributed by atoms with Gasteiger partial charge in [0.15, 0.2) is 0 Å². The van der Waals surface area contributed by atoms with Crippen LogP contribution in [0.2, 0.25) is 0 Å². The van der Waals surface area contributed by atoms with Gasteiger partial charge >= 0.3 is 0 Å². The Balaban J connectivity index is 1.99. The van der Waals surface area contributed by atoms with Crippen molar-refractivity contribution in [3.8, 4) is 0 Å². The molecule has 1 fully saturated rings. The van der Waals surface area contributed by atoms with E-state index in [0.29, 0.717) is 0 Å². The fourth-order valence-electron chi connectivity index (χ4n) is 3.71. The van der Waals surface area contributed by atoms with E-state index in [4.69, 9.17) is 0 Å². The minimum atomic E-state index is 0.823. The van der Waals surface area contributed by atoms with Crippen molar-refractivity contribution < 1.29 is 0 Å². The van der Waals surface area contributed by atoms with Gasteiger partial charge in [0.2, 0.25) is 0 Å². The average Bonchev–Trinajstić information content (AvgIpc) is 2.29. The van der Waals surface area contributed by atoms with Crippen LogP contribution in [0.25, 0.3) is 0 Å². The van der Waals surface area contributed by atoms with Crippen LogP contribution < -0.4 is 0 Å². The quantitative estimate of drug-likeness (QED) is 0.551. The molecule has 0 saturated heterocycles. The topological polar surface area (TPSA) is 0 Å². The first-order valence-electron chi connectivity index (χ1n) is 6.83. The van der Waals surface area contributed by atoms with Crippen molar-refractivity contribution in [1.29, 1.82) is 0 Å². The van der Waals surface area contributed by atoms with Crippen molar-refractivity contribution in [3.63, 3.8) is 0 Å². The largest absolute Gasteiger partial charge is 0.0802 e. The Labute approximate surface area is 99.1 Å². The lowest BCUT2D eigenvalue weighted by Crippen LogP contribution is -2.15. The summed E-state index contributed by atoms with van der Waals surface area (Å²) in [6.07, 6.45) is 14.4. The van der Waals surface area contributed by atoms with Gasteiger partial charge in [-0.15, -0.1) is 0 Å². The molecule has 3 rings (SSSR count). The fraction of sp³-hybridized carbons (Fsp3) is 0.625. The molecule has 3 bridgehead atoms. The first-order valence-corrected chi connectivity index (χ1v) is 6.83. The smallest absolute Gasteiger partial charge is 0.0167 e. The molecule has 86 valence electrons. The minimum absolute atomic E-state index is 0.823. The Kier molecular flexibility index (Phi) is 2.53. The zero-order valence-electron chi connectivity index (χ0n) is 10.5. The van der Waals surface area contributed by atoms with Crippen LogP contribution in [0.1, 0.15) is 46.0 Å². The molecule has 0 aromatic carbocycles. The Morgan fingerprint density at radius 2 is 2.06 bits per heavy atom. The molecule has 0 radical (unpaired) electrons. The molecule has 0 N–H and O–H groups in total. The molecule has 0 aromatic heterocycles. The normalized spacial score (nSPS) is 37.9. The summed E-state index contributed by atoms with van der Waals surface area (Å²) in [6, 6.07) is 0. The number of hydrogen-bond donors (Lipinski definition) is 0. The van der Waals surface area contributed by atoms with Crippen molar-refractivity contribution in [2.45, 2.75) is 46.0 Å². The molecule has 0 heterocycles. The Bertz CT molecular complexity index is 381. The second kappa shape index (κ2) is 3.91. The van der Waals surface area contributed by atoms with Crippen LogP contribution in [0.3, 0.4) is 0 Å². The first-order chi connectivity index (χ1) is 7.74. The van der Waals surface area contributed by atoms with Crippen LogP contribution in [0, 0.1) is 17.8 Å². The zero-order valence-corrected chi connectivity index (χ0v) is 10.5. The van der Waals surface area contributed by atoms with Crippen LogP contribution in [0.4, 0.5) is 0 Å². The molecule has 0 aliphatic heterocycles. The summed E-state index contributed by atoms with van der Waals surface area (Å²) >= 11 is 0. The van der Waals surface area contributed by atoms with Crippen LogP contribution in [0.15, 0.2) is 34.9 Å². The van der Waals surface area contributed by atoms with Crippen LogP contribution in [0.5, 0.6) is 0 Å². The summed E-state index contributed by atoms with van der Waals surface area (Å²) in [7, 11) is 0. The summed E-state index contributed by atoms with van der Waals surface area (Å²) in [5.41, 5.74) is 4.86. The highest BCUT2D eigenvalue weighted by atomic mass is 14.3. The molecule has 0 amide bonds. The molecule has 1 saturated carbocycles. The number of fused-ring (bicyclic) bond motifs is 2. The highest BCUT2D eigenvalue weighted by molar-refractivity contribution is 5.48. The highest BCUT2D eigenvalue weighted by Gasteiger charge is 2.27. The van der Waals surface area contributed by atoms with Gasteiger partial charge in [0.05, 0.1) is 0 Å². The van der Waals surface area contributed by atoms with Crippen molar-refractivity contribution in [1.82, 2.24) is 0 Å². The van der Waals surface area contributed by atoms with Gasteiger partial charge in [-0.05, 0) is 55.1 Å². The van der Waals surface area contributed by atoms with Gasteiger partial charge in [0.1, 0.15) is 0 Å². The Morgan fingerprint density at radius 1 is 1.19 bits per heavy atom. The molecule has 3 aliphatic rings. The zero-order chi connectivity index (χ0) is 11.1. The van der Waals surface area contributed by atoms with E-state index in [9.17, 15) is 0 Å². The first kappa shape index (κ1) is 10.4. The third kappa shape index (κ3) is 1.69. The van der Waals surface area contributed by atoms with Gasteiger partial charge < -0.3 is 0 Å². The molecule has 16 heavy (non-hydrogen) atoms. The molecule has 3 atom stereocenters. The van der Waals surface area contributed by atoms with E-state index in [2.05, 4.69) is 32.1 Å². The van der Waals surface area contributed by atoms with Gasteiger partial charge in [-0.2, -0.15) is 0 Å². The average molecular weight is 214 g/mol. The maximum atomic E-state index is 2.53. The lowest BCUT2D eigenvalue weighted by atomic mass is 9.76. The third-order valence-corrected chi connectivity index (χ3v) is 4.76. The predicted octanol–water partition coefficient (Wildman–Crippen LogP) is 4.65. The second-order valence-corrected chi connectivity index (χ2v) is 5.97. The minimum Gasteiger partial charge on any atom is -0.0802 e. The Hall–Kier alpha value is -0.780. The van der Waals surface area contributed by atoms with E-state index < -0.39 is 0 Å². The predicted molar refractivity (Wildman–Crippen MR) is 69.2 cm³/mol. The third-order valence-electron chi connectivity index (χ3n) is 4.76. The number of allylic oxidation sites excluding steroid dienone is 6. The maximum Gasteiger partial charge on any atom is -0.0167 e. The highest BCUT2D eigenvalue weighted by Crippen LogP contribution is 2.42. The summed E-state index contributed by atoms with van der Waals surface area (Å²) in [4.78, 5) is 0. The summed E-state index contributed by atoms with van der Waals surface area (Å²) in [5.74, 6) is 2.55. The molecule has 0 heteroatoms. The standard InChI is InChI=1S/C16H22/c1-11-4-3-5-13-8-12(2)16-7-6-14(11)10-15(16)9-13/h6-8,11,13-14H,3-5,9-10H2,1-2H3/t11?,13?,14-/m1/s1. The molecule has 0 aromatic rings. The Morgan fingerprint density at radius 3 is 2.94 bits per heavy atom. The molecule has 2 unspecified atom stereocenters. The van der Waals surface area contributed by atoms with E-state index in [1.807, 2.05) is 0 Å². The van der Waals surface area contributed by atoms with E-state index in [1.54, 1.807) is 11.1 Å². The van der Waals surface area contributed by atoms with E-state index in [-0.39, 0.29) is 0 Å². The van der Waals surface area contributed by atoms with E-state index >= 15 is 0 Å². The van der Waals surface area contributed by atoms with Crippen LogP contribution in [-0.2, 0) is 0 Å². The lowest BCUT2D eigenvalue weighted by molar-refractivity contribution is 0.387. The van der Waals surface area contributed by atoms with Crippen LogP contribution >= 0.6 is 0 Å². The molecule has 3 aliphatic carbocycles. The molecular formula is C16H22. The van der Waals surface area contributed by atoms with Gasteiger partial charge in [-0.1, -0.05) is 43.6 Å². The maximum absolute atomic E-state index is 2.53. The summed E-state index contributed by atoms with van der Waals surface area (Å²) < 4.78 is 0. The second-order valence-electron chi connectivity index (χ2n) is 5.97. The number of rotatable bonds is 0. The van der Waals surface area contributed by atoms with Gasteiger partial charge in [-0.25, -0.2) is 0 Å². The SMILES string of the molecule is CC1=CC2CCCC(C)[C@@H]3C=CC1=C(C2)C3. The van der Waals surface area contributed by atoms with E-state index in [0.717, 1.165) is 17.8 Å². The molecule has 0 nitrogen and oxygen atoms in total. The lowest BCUT2D eigenvalue weighted by Gasteiger charge is -2.29. The van der Waals surface area contributed by atoms with Crippen molar-refractivity contribution in [2.24, 2.45) is 17.8 Å². The van der Waals surface area contributed by atoms with Gasteiger partial charge in [0, 0.05) is 0 Å². The number of hydrogen-bond acceptors (Lipinski definition) is 0. The summed E-state index contributed by atoms with van der Waals surface area (Å²) in [6.45, 7) is 4.74. The van der Waals surface area contributed by atoms with Crippen molar-refractivity contribution in [3.05, 3.63) is 34.9 Å². The van der Waals surface area contributed by atoms with Crippen molar-refractivity contribution in [2.75, 3.05) is 0 Å². The molecule has 0 spiro atoms. The van der Waals surface area contributed by atoms with Gasteiger partial charge in [-0.3, -0.25) is 0 Å². The van der Waals surface area contributed by atoms with E-state index in [1.165, 1.54) is 37.7 Å². The van der Waals surface area contributed by atoms with Crippen LogP contribution in [-0.4, -0.2) is 0 Å². The van der Waals surface area contributed by atoms with Gasteiger partial charge in [0.25, 0.3) is 0 Å². The monoisotopic (exact) mass is 214 g/mol. The van der Waals surface area contributed by atoms with Crippen molar-refractivity contribution >= 4 is 0 Å². The summed E-state index contributed by atoms with van der Waals surface area (Å²) in [5, 5.41) is 0.